The molecule has 0 saturated heterocycles. The number of aliphatic hydroxyl groups is 1. The molecule has 14 heavy (non-hydrogen) atoms. The highest BCUT2D eigenvalue weighted by Crippen LogP contribution is 2.12. The Morgan fingerprint density at radius 1 is 1.79 bits per heavy atom. The van der Waals surface area contributed by atoms with Gasteiger partial charge in [-0.25, -0.2) is 4.98 Å². The summed E-state index contributed by atoms with van der Waals surface area (Å²) in [6, 6.07) is 0. The summed E-state index contributed by atoms with van der Waals surface area (Å²) in [5, 5.41) is 9.15. The van der Waals surface area contributed by atoms with E-state index in [1.54, 1.807) is 18.9 Å². The number of H-pyrrole nitrogens is 1. The van der Waals surface area contributed by atoms with Crippen molar-refractivity contribution in [2.45, 2.75) is 13.0 Å². The van der Waals surface area contributed by atoms with Crippen molar-refractivity contribution < 1.29 is 5.11 Å². The van der Waals surface area contributed by atoms with Crippen molar-refractivity contribution in [3.05, 3.63) is 16.7 Å². The van der Waals surface area contributed by atoms with Gasteiger partial charge in [0.2, 0.25) is 0 Å². The Labute approximate surface area is 81.4 Å². The number of likely N-dealkylation sites (N-methyl/N-ethyl adjacent to an activating group) is 1. The van der Waals surface area contributed by atoms with Crippen LogP contribution < -0.4 is 16.2 Å². The molecule has 1 heterocycles. The zero-order valence-electron chi connectivity index (χ0n) is 8.19. The SMILES string of the molecule is CC(O)CN(C)c1nc[nH]c(=O)c1N. The Bertz CT molecular complexity index is 361. The van der Waals surface area contributed by atoms with Crippen molar-refractivity contribution in [2.75, 3.05) is 24.2 Å². The largest absolute Gasteiger partial charge is 0.392 e. The fourth-order valence-electron chi connectivity index (χ4n) is 1.19. The Hall–Kier alpha value is -1.56. The van der Waals surface area contributed by atoms with Gasteiger partial charge in [-0.1, -0.05) is 0 Å². The normalized spacial score (nSPS) is 12.5. The van der Waals surface area contributed by atoms with Crippen molar-refractivity contribution in [1.29, 1.82) is 0 Å². The molecule has 0 spiro atoms. The van der Waals surface area contributed by atoms with Crippen LogP contribution in [0.25, 0.3) is 0 Å². The third-order valence-electron chi connectivity index (χ3n) is 1.77. The molecular weight excluding hydrogens is 184 g/mol. The summed E-state index contributed by atoms with van der Waals surface area (Å²) < 4.78 is 0. The van der Waals surface area contributed by atoms with E-state index in [1.807, 2.05) is 0 Å². The number of hydrogen-bond donors (Lipinski definition) is 3. The first-order valence-electron chi connectivity index (χ1n) is 4.24. The minimum absolute atomic E-state index is 0.0654. The molecule has 1 aromatic heterocycles. The molecule has 0 amide bonds. The summed E-state index contributed by atoms with van der Waals surface area (Å²) in [6.45, 7) is 2.03. The summed E-state index contributed by atoms with van der Waals surface area (Å²) in [6.07, 6.45) is 0.785. The van der Waals surface area contributed by atoms with E-state index in [0.29, 0.717) is 12.4 Å². The zero-order chi connectivity index (χ0) is 10.7. The molecule has 6 heteroatoms. The first-order valence-corrected chi connectivity index (χ1v) is 4.24. The fourth-order valence-corrected chi connectivity index (χ4v) is 1.19. The smallest absolute Gasteiger partial charge is 0.276 e. The standard InChI is InChI=1S/C8H14N4O2/c1-5(13)3-12(2)7-6(9)8(14)11-4-10-7/h4-5,13H,3,9H2,1-2H3,(H,10,11,14). The molecule has 0 aliphatic heterocycles. The number of rotatable bonds is 3. The molecule has 0 aliphatic rings. The van der Waals surface area contributed by atoms with E-state index < -0.39 is 6.10 Å². The number of aliphatic hydroxyl groups excluding tert-OH is 1. The number of nitrogen functional groups attached to an aromatic ring is 1. The highest BCUT2D eigenvalue weighted by molar-refractivity contribution is 5.60. The van der Waals surface area contributed by atoms with Crippen LogP contribution in [0, 0.1) is 0 Å². The average molecular weight is 198 g/mol. The van der Waals surface area contributed by atoms with E-state index >= 15 is 0 Å². The monoisotopic (exact) mass is 198 g/mol. The Balaban J connectivity index is 2.95. The van der Waals surface area contributed by atoms with Gasteiger partial charge in [-0.3, -0.25) is 4.79 Å². The lowest BCUT2D eigenvalue weighted by molar-refractivity contribution is 0.201. The maximum Gasteiger partial charge on any atom is 0.276 e. The zero-order valence-corrected chi connectivity index (χ0v) is 8.19. The lowest BCUT2D eigenvalue weighted by atomic mass is 10.3. The number of nitrogens with one attached hydrogen (secondary N) is 1. The maximum absolute atomic E-state index is 11.1. The van der Waals surface area contributed by atoms with E-state index in [9.17, 15) is 4.79 Å². The van der Waals surface area contributed by atoms with Gasteiger partial charge in [0, 0.05) is 13.6 Å². The van der Waals surface area contributed by atoms with Crippen LogP contribution in [-0.4, -0.2) is 34.8 Å². The molecule has 1 atom stereocenters. The number of hydrogen-bond acceptors (Lipinski definition) is 5. The predicted molar refractivity (Wildman–Crippen MR) is 54.2 cm³/mol. The fraction of sp³-hybridized carbons (Fsp3) is 0.500. The maximum atomic E-state index is 11.1. The van der Waals surface area contributed by atoms with E-state index in [2.05, 4.69) is 9.97 Å². The second-order valence-electron chi connectivity index (χ2n) is 3.20. The van der Waals surface area contributed by atoms with Gasteiger partial charge >= 0.3 is 0 Å². The molecule has 0 aromatic carbocycles. The van der Waals surface area contributed by atoms with Gasteiger partial charge in [-0.05, 0) is 6.92 Å². The molecule has 0 bridgehead atoms. The van der Waals surface area contributed by atoms with Crippen molar-refractivity contribution in [1.82, 2.24) is 9.97 Å². The van der Waals surface area contributed by atoms with Gasteiger partial charge < -0.3 is 20.7 Å². The predicted octanol–water partition coefficient (Wildman–Crippen LogP) is -0.831. The highest BCUT2D eigenvalue weighted by Gasteiger charge is 2.10. The molecule has 1 unspecified atom stereocenters. The van der Waals surface area contributed by atoms with Crippen LogP contribution in [0.2, 0.25) is 0 Å². The van der Waals surface area contributed by atoms with Crippen molar-refractivity contribution in [3.63, 3.8) is 0 Å². The summed E-state index contributed by atoms with van der Waals surface area (Å²) in [4.78, 5) is 19.0. The van der Waals surface area contributed by atoms with E-state index in [-0.39, 0.29) is 11.2 Å². The number of nitrogens with two attached hydrogens (primary N) is 1. The molecule has 0 fully saturated rings. The van der Waals surface area contributed by atoms with Crippen LogP contribution in [0.3, 0.4) is 0 Å². The molecule has 78 valence electrons. The molecule has 0 aliphatic carbocycles. The third-order valence-corrected chi connectivity index (χ3v) is 1.77. The number of aromatic amines is 1. The third kappa shape index (κ3) is 2.23. The van der Waals surface area contributed by atoms with E-state index in [0.717, 1.165) is 0 Å². The van der Waals surface area contributed by atoms with Crippen LogP contribution in [0.4, 0.5) is 11.5 Å². The summed E-state index contributed by atoms with van der Waals surface area (Å²) in [7, 11) is 1.71. The number of nitrogens with zero attached hydrogens (tertiary/aromatic N) is 2. The van der Waals surface area contributed by atoms with Gasteiger partial charge in [-0.15, -0.1) is 0 Å². The first kappa shape index (κ1) is 10.5. The van der Waals surface area contributed by atoms with Gasteiger partial charge in [0.25, 0.3) is 5.56 Å². The molecular formula is C8H14N4O2. The minimum Gasteiger partial charge on any atom is -0.392 e. The second-order valence-corrected chi connectivity index (χ2v) is 3.20. The molecule has 4 N–H and O–H groups in total. The van der Waals surface area contributed by atoms with Gasteiger partial charge in [0.1, 0.15) is 5.69 Å². The quantitative estimate of drug-likeness (QED) is 0.589. The molecule has 0 saturated carbocycles. The van der Waals surface area contributed by atoms with Crippen LogP contribution in [0.1, 0.15) is 6.92 Å². The average Bonchev–Trinajstić information content (AvgIpc) is 2.08. The van der Waals surface area contributed by atoms with E-state index in [1.165, 1.54) is 6.33 Å². The van der Waals surface area contributed by atoms with Crippen LogP contribution in [-0.2, 0) is 0 Å². The Morgan fingerprint density at radius 3 is 3.00 bits per heavy atom. The lowest BCUT2D eigenvalue weighted by Gasteiger charge is -2.20. The Morgan fingerprint density at radius 2 is 2.43 bits per heavy atom. The van der Waals surface area contributed by atoms with Crippen molar-refractivity contribution in [3.8, 4) is 0 Å². The van der Waals surface area contributed by atoms with Crippen LogP contribution in [0.5, 0.6) is 0 Å². The molecule has 6 nitrogen and oxygen atoms in total. The lowest BCUT2D eigenvalue weighted by Crippen LogP contribution is -2.30. The summed E-state index contributed by atoms with van der Waals surface area (Å²) in [5.41, 5.74) is 5.23. The van der Waals surface area contributed by atoms with Gasteiger partial charge in [0.15, 0.2) is 5.82 Å². The van der Waals surface area contributed by atoms with E-state index in [4.69, 9.17) is 10.8 Å². The molecule has 1 rings (SSSR count). The summed E-state index contributed by atoms with van der Waals surface area (Å²) >= 11 is 0. The highest BCUT2D eigenvalue weighted by atomic mass is 16.3. The second kappa shape index (κ2) is 4.10. The van der Waals surface area contributed by atoms with Crippen molar-refractivity contribution in [2.24, 2.45) is 0 Å². The van der Waals surface area contributed by atoms with Crippen LogP contribution >= 0.6 is 0 Å². The van der Waals surface area contributed by atoms with Gasteiger partial charge in [-0.2, -0.15) is 0 Å². The molecule has 0 radical (unpaired) electrons. The topological polar surface area (TPSA) is 95.2 Å². The van der Waals surface area contributed by atoms with Crippen molar-refractivity contribution >= 4 is 11.5 Å². The van der Waals surface area contributed by atoms with Crippen LogP contribution in [0.15, 0.2) is 11.1 Å². The first-order chi connectivity index (χ1) is 6.52. The molecule has 1 aromatic rings. The van der Waals surface area contributed by atoms with Gasteiger partial charge in [0.05, 0.1) is 12.4 Å². The Kier molecular flexibility index (Phi) is 3.08. The number of anilines is 2. The summed E-state index contributed by atoms with van der Waals surface area (Å²) in [5.74, 6) is 0.384. The number of aromatic nitrogens is 2. The minimum atomic E-state index is -0.500.